The molecule has 0 aliphatic carbocycles. The fraction of sp³-hybridized carbons (Fsp3) is 0.455. The third kappa shape index (κ3) is 3.00. The summed E-state index contributed by atoms with van der Waals surface area (Å²) in [5.41, 5.74) is -0.496. The zero-order chi connectivity index (χ0) is 11.6. The average Bonchev–Trinajstić information content (AvgIpc) is 2.09. The van der Waals surface area contributed by atoms with Gasteiger partial charge in [0.2, 0.25) is 0 Å². The summed E-state index contributed by atoms with van der Waals surface area (Å²) >= 11 is 3.28. The molecule has 0 unspecified atom stereocenters. The van der Waals surface area contributed by atoms with E-state index in [1.165, 1.54) is 7.11 Å². The van der Waals surface area contributed by atoms with Gasteiger partial charge in [-0.05, 0) is 26.0 Å². The van der Waals surface area contributed by atoms with Crippen molar-refractivity contribution in [2.75, 3.05) is 7.11 Å². The van der Waals surface area contributed by atoms with Crippen molar-refractivity contribution in [3.63, 3.8) is 0 Å². The number of hydrogen-bond acceptors (Lipinski definition) is 2. The van der Waals surface area contributed by atoms with Crippen LogP contribution >= 0.6 is 15.9 Å². The van der Waals surface area contributed by atoms with Crippen LogP contribution in [-0.2, 0) is 16.9 Å². The van der Waals surface area contributed by atoms with E-state index in [1.54, 1.807) is 26.0 Å². The highest BCUT2D eigenvalue weighted by molar-refractivity contribution is 9.10. The van der Waals surface area contributed by atoms with Gasteiger partial charge < -0.3 is 9.84 Å². The Morgan fingerprint density at radius 3 is 2.53 bits per heavy atom. The number of halogens is 2. The van der Waals surface area contributed by atoms with Gasteiger partial charge in [-0.15, -0.1) is 0 Å². The van der Waals surface area contributed by atoms with E-state index < -0.39 is 11.4 Å². The van der Waals surface area contributed by atoms with Crippen LogP contribution in [0.2, 0.25) is 0 Å². The number of ether oxygens (including phenoxy) is 1. The summed E-state index contributed by atoms with van der Waals surface area (Å²) in [6.07, 6.45) is 0. The molecule has 0 aliphatic rings. The molecule has 15 heavy (non-hydrogen) atoms. The molecule has 4 heteroatoms. The first-order valence-electron chi connectivity index (χ1n) is 4.56. The van der Waals surface area contributed by atoms with Gasteiger partial charge in [-0.1, -0.05) is 15.9 Å². The lowest BCUT2D eigenvalue weighted by molar-refractivity contribution is 0.0737. The van der Waals surface area contributed by atoms with Crippen LogP contribution in [0.25, 0.3) is 0 Å². The lowest BCUT2D eigenvalue weighted by Crippen LogP contribution is -2.18. The Morgan fingerprint density at radius 2 is 2.07 bits per heavy atom. The van der Waals surface area contributed by atoms with Gasteiger partial charge in [-0.25, -0.2) is 4.39 Å². The van der Waals surface area contributed by atoms with Crippen LogP contribution in [0.4, 0.5) is 4.39 Å². The van der Waals surface area contributed by atoms with Crippen molar-refractivity contribution in [3.05, 3.63) is 33.5 Å². The van der Waals surface area contributed by atoms with Crippen LogP contribution in [0.5, 0.6) is 0 Å². The predicted octanol–water partition coefficient (Wildman–Crippen LogP) is 2.96. The maximum atomic E-state index is 13.9. The SMILES string of the molecule is COCc1cc(Br)cc(C(C)(C)O)c1F. The zero-order valence-electron chi connectivity index (χ0n) is 8.97. The molecule has 0 spiro atoms. The van der Waals surface area contributed by atoms with Crippen molar-refractivity contribution < 1.29 is 14.2 Å². The summed E-state index contributed by atoms with van der Waals surface area (Å²) in [5, 5.41) is 9.79. The van der Waals surface area contributed by atoms with Crippen LogP contribution in [-0.4, -0.2) is 12.2 Å². The van der Waals surface area contributed by atoms with E-state index in [0.717, 1.165) is 4.47 Å². The highest BCUT2D eigenvalue weighted by atomic mass is 79.9. The van der Waals surface area contributed by atoms with Gasteiger partial charge in [0.1, 0.15) is 5.82 Å². The molecule has 0 bridgehead atoms. The Morgan fingerprint density at radius 1 is 1.47 bits per heavy atom. The maximum Gasteiger partial charge on any atom is 0.134 e. The van der Waals surface area contributed by atoms with Crippen molar-refractivity contribution >= 4 is 15.9 Å². The minimum Gasteiger partial charge on any atom is -0.386 e. The first-order chi connectivity index (χ1) is 6.86. The molecule has 1 N–H and O–H groups in total. The zero-order valence-corrected chi connectivity index (χ0v) is 10.6. The first kappa shape index (κ1) is 12.6. The third-order valence-corrected chi connectivity index (χ3v) is 2.53. The van der Waals surface area contributed by atoms with Gasteiger partial charge in [-0.3, -0.25) is 0 Å². The number of aliphatic hydroxyl groups is 1. The fourth-order valence-corrected chi connectivity index (χ4v) is 1.86. The van der Waals surface area contributed by atoms with Gasteiger partial charge in [0, 0.05) is 22.7 Å². The van der Waals surface area contributed by atoms with E-state index in [-0.39, 0.29) is 12.2 Å². The standard InChI is InChI=1S/C11H14BrFO2/c1-11(2,14)9-5-8(12)4-7(6-15-3)10(9)13/h4-5,14H,6H2,1-3H3. The molecule has 0 radical (unpaired) electrons. The van der Waals surface area contributed by atoms with Crippen LogP contribution in [0, 0.1) is 5.82 Å². The molecule has 0 saturated heterocycles. The lowest BCUT2D eigenvalue weighted by Gasteiger charge is -2.20. The molecule has 1 rings (SSSR count). The highest BCUT2D eigenvalue weighted by Crippen LogP contribution is 2.28. The topological polar surface area (TPSA) is 29.5 Å². The van der Waals surface area contributed by atoms with Crippen LogP contribution < -0.4 is 0 Å². The molecule has 0 aliphatic heterocycles. The van der Waals surface area contributed by atoms with Gasteiger partial charge in [0.15, 0.2) is 0 Å². The third-order valence-electron chi connectivity index (χ3n) is 2.07. The molecule has 0 fully saturated rings. The summed E-state index contributed by atoms with van der Waals surface area (Å²) in [6.45, 7) is 3.29. The number of methoxy groups -OCH3 is 1. The quantitative estimate of drug-likeness (QED) is 0.920. The normalized spacial score (nSPS) is 11.9. The highest BCUT2D eigenvalue weighted by Gasteiger charge is 2.23. The van der Waals surface area contributed by atoms with Crippen molar-refractivity contribution in [2.45, 2.75) is 26.1 Å². The Kier molecular flexibility index (Phi) is 3.87. The van der Waals surface area contributed by atoms with E-state index >= 15 is 0 Å². The molecule has 2 nitrogen and oxygen atoms in total. The summed E-state index contributed by atoms with van der Waals surface area (Å²) in [7, 11) is 1.50. The monoisotopic (exact) mass is 276 g/mol. The molecule has 0 atom stereocenters. The maximum absolute atomic E-state index is 13.9. The molecular weight excluding hydrogens is 263 g/mol. The van der Waals surface area contributed by atoms with Gasteiger partial charge in [-0.2, -0.15) is 0 Å². The predicted molar refractivity (Wildman–Crippen MR) is 60.1 cm³/mol. The molecule has 0 heterocycles. The van der Waals surface area contributed by atoms with E-state index in [9.17, 15) is 9.50 Å². The molecule has 0 amide bonds. The van der Waals surface area contributed by atoms with Crippen molar-refractivity contribution in [2.24, 2.45) is 0 Å². The van der Waals surface area contributed by atoms with Gasteiger partial charge in [0.05, 0.1) is 12.2 Å². The Balaban J connectivity index is 3.28. The Hall–Kier alpha value is -0.450. The first-order valence-corrected chi connectivity index (χ1v) is 5.35. The van der Waals surface area contributed by atoms with Gasteiger partial charge >= 0.3 is 0 Å². The van der Waals surface area contributed by atoms with Crippen LogP contribution in [0.15, 0.2) is 16.6 Å². The second-order valence-corrected chi connectivity index (χ2v) is 4.83. The summed E-state index contributed by atoms with van der Waals surface area (Å²) in [6, 6.07) is 3.22. The van der Waals surface area contributed by atoms with E-state index in [4.69, 9.17) is 4.74 Å². The number of benzene rings is 1. The molecule has 84 valence electrons. The minimum absolute atomic E-state index is 0.189. The number of hydrogen-bond donors (Lipinski definition) is 1. The van der Waals surface area contributed by atoms with Gasteiger partial charge in [0.25, 0.3) is 0 Å². The molecular formula is C11H14BrFO2. The average molecular weight is 277 g/mol. The van der Waals surface area contributed by atoms with Crippen LogP contribution in [0.1, 0.15) is 25.0 Å². The second-order valence-electron chi connectivity index (χ2n) is 3.92. The summed E-state index contributed by atoms with van der Waals surface area (Å²) in [5.74, 6) is -0.410. The second kappa shape index (κ2) is 4.60. The largest absolute Gasteiger partial charge is 0.386 e. The Bertz CT molecular complexity index is 358. The minimum atomic E-state index is -1.20. The lowest BCUT2D eigenvalue weighted by atomic mass is 9.96. The van der Waals surface area contributed by atoms with Crippen molar-refractivity contribution in [1.29, 1.82) is 0 Å². The van der Waals surface area contributed by atoms with E-state index in [0.29, 0.717) is 5.56 Å². The summed E-state index contributed by atoms with van der Waals surface area (Å²) < 4.78 is 19.5. The molecule has 1 aromatic rings. The van der Waals surface area contributed by atoms with E-state index in [2.05, 4.69) is 15.9 Å². The number of rotatable bonds is 3. The van der Waals surface area contributed by atoms with Crippen molar-refractivity contribution in [3.8, 4) is 0 Å². The summed E-state index contributed by atoms with van der Waals surface area (Å²) in [4.78, 5) is 0. The van der Waals surface area contributed by atoms with Crippen LogP contribution in [0.3, 0.4) is 0 Å². The smallest absolute Gasteiger partial charge is 0.134 e. The molecule has 0 saturated carbocycles. The Labute approximate surface area is 97.2 Å². The fourth-order valence-electron chi connectivity index (χ4n) is 1.35. The van der Waals surface area contributed by atoms with E-state index in [1.807, 2.05) is 0 Å². The van der Waals surface area contributed by atoms with Crippen molar-refractivity contribution in [1.82, 2.24) is 0 Å². The molecule has 1 aromatic carbocycles. The molecule has 0 aromatic heterocycles.